The van der Waals surface area contributed by atoms with E-state index in [2.05, 4.69) is 21.2 Å². The van der Waals surface area contributed by atoms with E-state index in [0.717, 1.165) is 12.8 Å². The van der Waals surface area contributed by atoms with Gasteiger partial charge in [0.25, 0.3) is 5.91 Å². The number of amides is 1. The maximum atomic E-state index is 12.1. The van der Waals surface area contributed by atoms with Crippen molar-refractivity contribution in [2.24, 2.45) is 11.1 Å². The summed E-state index contributed by atoms with van der Waals surface area (Å²) in [5.41, 5.74) is 1.03. The van der Waals surface area contributed by atoms with Crippen LogP contribution < -0.4 is 10.5 Å². The number of hydrogen-bond acceptors (Lipinski definition) is 3. The van der Waals surface area contributed by atoms with Crippen LogP contribution in [-0.2, 0) is 10.0 Å². The summed E-state index contributed by atoms with van der Waals surface area (Å²) in [5, 5.41) is 7.91. The predicted molar refractivity (Wildman–Crippen MR) is 75.3 cm³/mol. The molecule has 1 aromatic rings. The second-order valence-corrected chi connectivity index (χ2v) is 7.19. The molecule has 1 amide bonds. The van der Waals surface area contributed by atoms with E-state index >= 15 is 0 Å². The topological polar surface area (TPSA) is 89.3 Å². The van der Waals surface area contributed by atoms with Gasteiger partial charge in [-0.3, -0.25) is 4.79 Å². The van der Waals surface area contributed by atoms with Gasteiger partial charge in [-0.15, -0.1) is 0 Å². The summed E-state index contributed by atoms with van der Waals surface area (Å²) < 4.78 is 23.3. The van der Waals surface area contributed by atoms with Gasteiger partial charge in [-0.05, 0) is 43.4 Å². The van der Waals surface area contributed by atoms with Gasteiger partial charge < -0.3 is 5.32 Å². The molecule has 19 heavy (non-hydrogen) atoms. The van der Waals surface area contributed by atoms with E-state index in [1.54, 1.807) is 6.92 Å². The molecule has 1 aromatic carbocycles. The second-order valence-electron chi connectivity index (χ2n) is 4.78. The molecule has 1 aliphatic rings. The highest BCUT2D eigenvalue weighted by Crippen LogP contribution is 2.28. The Morgan fingerprint density at radius 2 is 2.11 bits per heavy atom. The van der Waals surface area contributed by atoms with E-state index in [1.165, 1.54) is 12.1 Å². The van der Waals surface area contributed by atoms with Crippen molar-refractivity contribution in [2.75, 3.05) is 6.54 Å². The third kappa shape index (κ3) is 3.55. The van der Waals surface area contributed by atoms with Gasteiger partial charge in [0, 0.05) is 16.6 Å². The van der Waals surface area contributed by atoms with Gasteiger partial charge in [-0.25, -0.2) is 13.6 Å². The Labute approximate surface area is 120 Å². The zero-order valence-electron chi connectivity index (χ0n) is 10.4. The molecule has 104 valence electrons. The maximum Gasteiger partial charge on any atom is 0.251 e. The number of nitrogens with one attached hydrogen (secondary N) is 1. The fourth-order valence-corrected chi connectivity index (χ4v) is 2.88. The van der Waals surface area contributed by atoms with Gasteiger partial charge in [0.2, 0.25) is 10.0 Å². The summed E-state index contributed by atoms with van der Waals surface area (Å²) in [6.45, 7) is 2.39. The van der Waals surface area contributed by atoms with Gasteiger partial charge >= 0.3 is 0 Å². The summed E-state index contributed by atoms with van der Waals surface area (Å²) in [7, 11) is -3.83. The van der Waals surface area contributed by atoms with Crippen LogP contribution in [0.3, 0.4) is 0 Å². The van der Waals surface area contributed by atoms with E-state index in [9.17, 15) is 13.2 Å². The summed E-state index contributed by atoms with van der Waals surface area (Å²) in [5.74, 6) is 0.296. The smallest absolute Gasteiger partial charge is 0.251 e. The predicted octanol–water partition coefficient (Wildman–Crippen LogP) is 1.54. The van der Waals surface area contributed by atoms with Crippen LogP contribution in [-0.4, -0.2) is 20.9 Å². The van der Waals surface area contributed by atoms with Crippen molar-refractivity contribution >= 4 is 31.9 Å². The van der Waals surface area contributed by atoms with E-state index < -0.39 is 10.0 Å². The molecule has 1 fully saturated rings. The molecule has 0 spiro atoms. The number of hydrogen-bond donors (Lipinski definition) is 2. The molecule has 0 atom stereocenters. The SMILES string of the molecule is Cc1c(Br)cc(S(N)(=O)=O)cc1C(=O)NCC1CC1. The largest absolute Gasteiger partial charge is 0.352 e. The first-order chi connectivity index (χ1) is 8.79. The lowest BCUT2D eigenvalue weighted by molar-refractivity contribution is 0.0951. The Hall–Kier alpha value is -0.920. The molecule has 5 nitrogen and oxygen atoms in total. The summed E-state index contributed by atoms with van der Waals surface area (Å²) in [4.78, 5) is 12.0. The van der Waals surface area contributed by atoms with E-state index in [1.807, 2.05) is 0 Å². The summed E-state index contributed by atoms with van der Waals surface area (Å²) in [6.07, 6.45) is 2.28. The maximum absolute atomic E-state index is 12.1. The molecule has 0 aromatic heterocycles. The van der Waals surface area contributed by atoms with Crippen LogP contribution in [0.4, 0.5) is 0 Å². The van der Waals surface area contributed by atoms with Crippen LogP contribution in [0, 0.1) is 12.8 Å². The summed E-state index contributed by atoms with van der Waals surface area (Å²) >= 11 is 3.25. The second kappa shape index (κ2) is 5.22. The minimum atomic E-state index is -3.83. The molecule has 1 aliphatic carbocycles. The minimum Gasteiger partial charge on any atom is -0.352 e. The lowest BCUT2D eigenvalue weighted by Crippen LogP contribution is -2.27. The minimum absolute atomic E-state index is 0.0680. The molecular formula is C12H15BrN2O3S. The molecule has 0 radical (unpaired) electrons. The quantitative estimate of drug-likeness (QED) is 0.866. The number of sulfonamides is 1. The van der Waals surface area contributed by atoms with Crippen LogP contribution >= 0.6 is 15.9 Å². The fourth-order valence-electron chi connectivity index (χ4n) is 1.71. The van der Waals surface area contributed by atoms with Crippen molar-refractivity contribution in [3.63, 3.8) is 0 Å². The standard InChI is InChI=1S/C12H15BrN2O3S/c1-7-10(12(16)15-6-8-2-3-8)4-9(5-11(7)13)19(14,17)18/h4-5,8H,2-3,6H2,1H3,(H,15,16)(H2,14,17,18). The van der Waals surface area contributed by atoms with E-state index in [0.29, 0.717) is 28.1 Å². The van der Waals surface area contributed by atoms with Gasteiger partial charge in [0.05, 0.1) is 4.90 Å². The molecule has 0 unspecified atom stereocenters. The van der Waals surface area contributed by atoms with Crippen LogP contribution in [0.25, 0.3) is 0 Å². The third-order valence-corrected chi connectivity index (χ3v) is 4.86. The van der Waals surface area contributed by atoms with Crippen molar-refractivity contribution in [1.82, 2.24) is 5.32 Å². The highest BCUT2D eigenvalue weighted by Gasteiger charge is 2.23. The first-order valence-electron chi connectivity index (χ1n) is 5.90. The van der Waals surface area contributed by atoms with Crippen LogP contribution in [0.15, 0.2) is 21.5 Å². The lowest BCUT2D eigenvalue weighted by Gasteiger charge is -2.10. The van der Waals surface area contributed by atoms with Crippen molar-refractivity contribution in [1.29, 1.82) is 0 Å². The molecule has 7 heteroatoms. The Morgan fingerprint density at radius 3 is 2.63 bits per heavy atom. The lowest BCUT2D eigenvalue weighted by atomic mass is 10.1. The highest BCUT2D eigenvalue weighted by atomic mass is 79.9. The van der Waals surface area contributed by atoms with Crippen molar-refractivity contribution in [3.05, 3.63) is 27.7 Å². The molecule has 0 saturated heterocycles. The van der Waals surface area contributed by atoms with Crippen molar-refractivity contribution in [3.8, 4) is 0 Å². The Balaban J connectivity index is 2.31. The first-order valence-corrected chi connectivity index (χ1v) is 8.24. The number of rotatable bonds is 4. The third-order valence-electron chi connectivity index (χ3n) is 3.14. The van der Waals surface area contributed by atoms with Crippen LogP contribution in [0.5, 0.6) is 0 Å². The average Bonchev–Trinajstić information content (AvgIpc) is 3.11. The van der Waals surface area contributed by atoms with E-state index in [4.69, 9.17) is 5.14 Å². The van der Waals surface area contributed by atoms with E-state index in [-0.39, 0.29) is 10.8 Å². The number of carbonyl (C=O) groups is 1. The Bertz CT molecular complexity index is 624. The van der Waals surface area contributed by atoms with Crippen LogP contribution in [0.2, 0.25) is 0 Å². The molecule has 3 N–H and O–H groups in total. The fraction of sp³-hybridized carbons (Fsp3) is 0.417. The molecular weight excluding hydrogens is 332 g/mol. The zero-order chi connectivity index (χ0) is 14.2. The molecule has 0 heterocycles. The molecule has 0 aliphatic heterocycles. The van der Waals surface area contributed by atoms with Crippen molar-refractivity contribution in [2.45, 2.75) is 24.7 Å². The summed E-state index contributed by atoms with van der Waals surface area (Å²) in [6, 6.07) is 2.72. The number of nitrogens with two attached hydrogens (primary N) is 1. The van der Waals surface area contributed by atoms with Crippen LogP contribution in [0.1, 0.15) is 28.8 Å². The van der Waals surface area contributed by atoms with Gasteiger partial charge in [0.1, 0.15) is 0 Å². The van der Waals surface area contributed by atoms with Gasteiger partial charge in [0.15, 0.2) is 0 Å². The Kier molecular flexibility index (Phi) is 3.98. The molecule has 0 bridgehead atoms. The average molecular weight is 347 g/mol. The highest BCUT2D eigenvalue weighted by molar-refractivity contribution is 9.10. The van der Waals surface area contributed by atoms with Crippen molar-refractivity contribution < 1.29 is 13.2 Å². The number of primary sulfonamides is 1. The monoisotopic (exact) mass is 346 g/mol. The number of carbonyl (C=O) groups excluding carboxylic acids is 1. The number of halogens is 1. The van der Waals surface area contributed by atoms with Gasteiger partial charge in [-0.2, -0.15) is 0 Å². The molecule has 1 saturated carbocycles. The molecule has 2 rings (SSSR count). The first kappa shape index (κ1) is 14.5. The zero-order valence-corrected chi connectivity index (χ0v) is 12.8. The normalized spacial score (nSPS) is 15.3. The van der Waals surface area contributed by atoms with Gasteiger partial charge in [-0.1, -0.05) is 15.9 Å². The number of benzene rings is 1. The Morgan fingerprint density at radius 1 is 1.47 bits per heavy atom.